The van der Waals surface area contributed by atoms with E-state index in [0.717, 1.165) is 6.42 Å². The van der Waals surface area contributed by atoms with Crippen molar-refractivity contribution >= 4 is 28.1 Å². The van der Waals surface area contributed by atoms with E-state index in [1.54, 1.807) is 6.07 Å². The topological polar surface area (TPSA) is 105 Å². The van der Waals surface area contributed by atoms with Crippen LogP contribution in [0.4, 0.5) is 11.4 Å². The number of benzene rings is 1. The van der Waals surface area contributed by atoms with E-state index in [9.17, 15) is 20.0 Å². The van der Waals surface area contributed by atoms with Crippen molar-refractivity contribution < 1.29 is 14.8 Å². The van der Waals surface area contributed by atoms with Crippen molar-refractivity contribution in [2.45, 2.75) is 25.8 Å². The summed E-state index contributed by atoms with van der Waals surface area (Å²) in [7, 11) is 0. The second-order valence-electron chi connectivity index (χ2n) is 4.63. The first kappa shape index (κ1) is 14.7. The summed E-state index contributed by atoms with van der Waals surface area (Å²) in [5.74, 6) is -0.947. The minimum atomic E-state index is -0.947. The second-order valence-corrected chi connectivity index (χ2v) is 4.63. The lowest BCUT2D eigenvalue weighted by Crippen LogP contribution is -2.29. The van der Waals surface area contributed by atoms with Gasteiger partial charge in [-0.05, 0) is 18.6 Å². The van der Waals surface area contributed by atoms with E-state index in [-0.39, 0.29) is 5.69 Å². The van der Waals surface area contributed by atoms with Crippen molar-refractivity contribution in [3.05, 3.63) is 40.7 Å². The van der Waals surface area contributed by atoms with Crippen LogP contribution in [0.5, 0.6) is 0 Å². The summed E-state index contributed by atoms with van der Waals surface area (Å²) in [4.78, 5) is 25.7. The van der Waals surface area contributed by atoms with Gasteiger partial charge < -0.3 is 10.4 Å². The van der Waals surface area contributed by atoms with E-state index in [1.165, 1.54) is 24.5 Å². The molecule has 0 radical (unpaired) electrons. The van der Waals surface area contributed by atoms with Crippen molar-refractivity contribution in [1.29, 1.82) is 0 Å². The maximum atomic E-state index is 11.2. The molecule has 0 amide bonds. The van der Waals surface area contributed by atoms with Crippen LogP contribution in [0.15, 0.2) is 30.6 Å². The molecule has 0 spiro atoms. The van der Waals surface area contributed by atoms with Crippen molar-refractivity contribution in [1.82, 2.24) is 4.98 Å². The number of rotatable bonds is 6. The molecule has 0 aliphatic rings. The molecule has 110 valence electrons. The fourth-order valence-electron chi connectivity index (χ4n) is 2.19. The average molecular weight is 289 g/mol. The van der Waals surface area contributed by atoms with Crippen LogP contribution >= 0.6 is 0 Å². The van der Waals surface area contributed by atoms with E-state index in [1.807, 2.05) is 6.92 Å². The lowest BCUT2D eigenvalue weighted by molar-refractivity contribution is -0.383. The fraction of sp³-hybridized carbons (Fsp3) is 0.286. The number of carbonyl (C=O) groups is 1. The molecule has 1 unspecified atom stereocenters. The van der Waals surface area contributed by atoms with Crippen LogP contribution in [0.25, 0.3) is 10.8 Å². The predicted molar refractivity (Wildman–Crippen MR) is 78.4 cm³/mol. The summed E-state index contributed by atoms with van der Waals surface area (Å²) >= 11 is 0. The van der Waals surface area contributed by atoms with Crippen LogP contribution in [0.2, 0.25) is 0 Å². The van der Waals surface area contributed by atoms with E-state index < -0.39 is 16.9 Å². The number of nitrogens with zero attached hydrogens (tertiary/aromatic N) is 2. The zero-order chi connectivity index (χ0) is 15.4. The Hall–Kier alpha value is -2.70. The molecule has 7 heteroatoms. The van der Waals surface area contributed by atoms with E-state index in [4.69, 9.17) is 0 Å². The van der Waals surface area contributed by atoms with Gasteiger partial charge in [-0.1, -0.05) is 13.3 Å². The molecule has 0 bridgehead atoms. The maximum Gasteiger partial charge on any atom is 0.326 e. The van der Waals surface area contributed by atoms with Gasteiger partial charge in [-0.3, -0.25) is 15.1 Å². The second kappa shape index (κ2) is 6.17. The molecule has 1 heterocycles. The number of pyridine rings is 1. The van der Waals surface area contributed by atoms with E-state index in [2.05, 4.69) is 10.3 Å². The van der Waals surface area contributed by atoms with Crippen LogP contribution in [0.1, 0.15) is 19.8 Å². The molecular weight excluding hydrogens is 274 g/mol. The third-order valence-electron chi connectivity index (χ3n) is 3.20. The minimum absolute atomic E-state index is 0.0500. The molecule has 2 aromatic rings. The molecule has 0 saturated carbocycles. The van der Waals surface area contributed by atoms with Gasteiger partial charge in [0.15, 0.2) is 0 Å². The quantitative estimate of drug-likeness (QED) is 0.625. The number of hydrogen-bond donors (Lipinski definition) is 2. The highest BCUT2D eigenvalue weighted by molar-refractivity contribution is 6.00. The maximum absolute atomic E-state index is 11.2. The molecule has 0 aliphatic heterocycles. The fourth-order valence-corrected chi connectivity index (χ4v) is 2.19. The Bertz CT molecular complexity index is 687. The molecule has 1 aromatic heterocycles. The number of non-ortho nitro benzene ring substituents is 1. The third kappa shape index (κ3) is 3.07. The standard InChI is InChI=1S/C14H15N3O4/c1-2-3-12(14(18)19)16-11-4-5-13(17(20)21)10-8-15-7-6-9(10)11/h4-8,12,16H,2-3H2,1H3,(H,18,19). The monoisotopic (exact) mass is 289 g/mol. The van der Waals surface area contributed by atoms with Crippen LogP contribution < -0.4 is 5.32 Å². The molecule has 0 saturated heterocycles. The Morgan fingerprint density at radius 3 is 2.81 bits per heavy atom. The van der Waals surface area contributed by atoms with Crippen LogP contribution in [0.3, 0.4) is 0 Å². The van der Waals surface area contributed by atoms with Crippen LogP contribution in [-0.4, -0.2) is 27.0 Å². The third-order valence-corrected chi connectivity index (χ3v) is 3.20. The molecule has 1 aromatic carbocycles. The number of nitro benzene ring substituents is 1. The van der Waals surface area contributed by atoms with Crippen molar-refractivity contribution in [3.8, 4) is 0 Å². The highest BCUT2D eigenvalue weighted by atomic mass is 16.6. The number of nitro groups is 1. The van der Waals surface area contributed by atoms with Crippen LogP contribution in [0, 0.1) is 10.1 Å². The number of carboxylic acid groups (broad SMARTS) is 1. The Morgan fingerprint density at radius 2 is 2.19 bits per heavy atom. The number of fused-ring (bicyclic) bond motifs is 1. The first-order valence-corrected chi connectivity index (χ1v) is 6.55. The van der Waals surface area contributed by atoms with Gasteiger partial charge in [-0.25, -0.2) is 4.79 Å². The number of nitrogens with one attached hydrogen (secondary N) is 1. The Kier molecular flexibility index (Phi) is 4.32. The Morgan fingerprint density at radius 1 is 1.43 bits per heavy atom. The minimum Gasteiger partial charge on any atom is -0.480 e. The highest BCUT2D eigenvalue weighted by Gasteiger charge is 2.19. The average Bonchev–Trinajstić information content (AvgIpc) is 2.46. The zero-order valence-electron chi connectivity index (χ0n) is 11.4. The molecule has 0 aliphatic carbocycles. The van der Waals surface area contributed by atoms with Gasteiger partial charge in [0, 0.05) is 29.5 Å². The van der Waals surface area contributed by atoms with Crippen LogP contribution in [-0.2, 0) is 4.79 Å². The predicted octanol–water partition coefficient (Wildman–Crippen LogP) is 2.81. The molecule has 2 rings (SSSR count). The lowest BCUT2D eigenvalue weighted by Gasteiger charge is -2.16. The first-order valence-electron chi connectivity index (χ1n) is 6.55. The zero-order valence-corrected chi connectivity index (χ0v) is 11.4. The summed E-state index contributed by atoms with van der Waals surface area (Å²) in [5.41, 5.74) is 0.505. The lowest BCUT2D eigenvalue weighted by atomic mass is 10.1. The SMILES string of the molecule is CCCC(Nc1ccc([N+](=O)[O-])c2cnccc12)C(=O)O. The van der Waals surface area contributed by atoms with Gasteiger partial charge in [0.05, 0.1) is 10.3 Å². The normalized spacial score (nSPS) is 12.0. The molecule has 2 N–H and O–H groups in total. The summed E-state index contributed by atoms with van der Waals surface area (Å²) in [6, 6.07) is 3.80. The van der Waals surface area contributed by atoms with E-state index in [0.29, 0.717) is 22.9 Å². The highest BCUT2D eigenvalue weighted by Crippen LogP contribution is 2.31. The van der Waals surface area contributed by atoms with Gasteiger partial charge in [0.2, 0.25) is 0 Å². The van der Waals surface area contributed by atoms with Gasteiger partial charge in [0.1, 0.15) is 6.04 Å². The van der Waals surface area contributed by atoms with Crippen molar-refractivity contribution in [3.63, 3.8) is 0 Å². The van der Waals surface area contributed by atoms with Gasteiger partial charge in [0.25, 0.3) is 5.69 Å². The smallest absolute Gasteiger partial charge is 0.326 e. The molecule has 1 atom stereocenters. The summed E-state index contributed by atoms with van der Waals surface area (Å²) in [6.07, 6.45) is 4.12. The summed E-state index contributed by atoms with van der Waals surface area (Å²) in [5, 5.41) is 24.1. The largest absolute Gasteiger partial charge is 0.480 e. The number of aliphatic carboxylic acids is 1. The number of anilines is 1. The number of hydrogen-bond acceptors (Lipinski definition) is 5. The van der Waals surface area contributed by atoms with Gasteiger partial charge in [-0.2, -0.15) is 0 Å². The number of carboxylic acids is 1. The van der Waals surface area contributed by atoms with E-state index >= 15 is 0 Å². The number of aromatic nitrogens is 1. The molecular formula is C14H15N3O4. The Balaban J connectivity index is 2.48. The molecule has 21 heavy (non-hydrogen) atoms. The Labute approximate surface area is 120 Å². The molecule has 7 nitrogen and oxygen atoms in total. The summed E-state index contributed by atoms with van der Waals surface area (Å²) < 4.78 is 0. The van der Waals surface area contributed by atoms with Crippen molar-refractivity contribution in [2.24, 2.45) is 0 Å². The molecule has 0 fully saturated rings. The van der Waals surface area contributed by atoms with Crippen molar-refractivity contribution in [2.75, 3.05) is 5.32 Å². The van der Waals surface area contributed by atoms with Gasteiger partial charge in [-0.15, -0.1) is 0 Å². The first-order chi connectivity index (χ1) is 10.0. The summed E-state index contributed by atoms with van der Waals surface area (Å²) in [6.45, 7) is 1.90. The van der Waals surface area contributed by atoms with Gasteiger partial charge >= 0.3 is 5.97 Å².